The van der Waals surface area contributed by atoms with Gasteiger partial charge < -0.3 is 0 Å². The molecule has 0 aliphatic rings. The monoisotopic (exact) mass is 314 g/mol. The lowest BCUT2D eigenvalue weighted by molar-refractivity contribution is 0.623. The molecule has 2 nitrogen and oxygen atoms in total. The van der Waals surface area contributed by atoms with E-state index in [0.29, 0.717) is 5.56 Å². The van der Waals surface area contributed by atoms with E-state index in [1.54, 1.807) is 0 Å². The van der Waals surface area contributed by atoms with Crippen LogP contribution in [0.5, 0.6) is 0 Å². The Morgan fingerprint density at radius 1 is 1.00 bits per heavy atom. The highest BCUT2D eigenvalue weighted by atomic mass is 35.5. The lowest BCUT2D eigenvalue weighted by atomic mass is 9.90. The Bertz CT molecular complexity index is 568. The van der Waals surface area contributed by atoms with Crippen molar-refractivity contribution < 1.29 is 0 Å². The summed E-state index contributed by atoms with van der Waals surface area (Å²) in [5, 5.41) is 18.8. The van der Waals surface area contributed by atoms with Gasteiger partial charge in [-0.1, -0.05) is 61.5 Å². The van der Waals surface area contributed by atoms with Gasteiger partial charge in [-0.3, -0.25) is 0 Å². The first-order chi connectivity index (χ1) is 8.99. The zero-order valence-electron chi connectivity index (χ0n) is 10.7. The van der Waals surface area contributed by atoms with Crippen LogP contribution in [-0.2, 0) is 0 Å². The molecular weight excluding hydrogens is 303 g/mol. The maximum atomic E-state index is 9.26. The fraction of sp³-hybridized carbons (Fsp3) is 0.429. The first-order valence-corrected chi connectivity index (χ1v) is 7.13. The Kier molecular flexibility index (Phi) is 5.95. The van der Waals surface area contributed by atoms with Crippen molar-refractivity contribution in [2.24, 2.45) is 0 Å². The van der Waals surface area contributed by atoms with Crippen molar-refractivity contribution in [1.82, 2.24) is 0 Å². The molecule has 0 N–H and O–H groups in total. The maximum Gasteiger partial charge on any atom is 0.102 e. The summed E-state index contributed by atoms with van der Waals surface area (Å²) in [7, 11) is 0. The predicted octanol–water partition coefficient (Wildman–Crippen LogP) is 5.68. The summed E-state index contributed by atoms with van der Waals surface area (Å²) < 4.78 is 0. The predicted molar refractivity (Wildman–Crippen MR) is 78.8 cm³/mol. The summed E-state index contributed by atoms with van der Waals surface area (Å²) in [6.07, 6.45) is 2.97. The number of hydrogen-bond donors (Lipinski definition) is 0. The lowest BCUT2D eigenvalue weighted by Crippen LogP contribution is -2.02. The SMILES string of the molecule is CCCCC(C)c1c(Cl)c(Cl)c(C#N)c(Cl)c1C#N. The van der Waals surface area contributed by atoms with Gasteiger partial charge in [-0.2, -0.15) is 10.5 Å². The minimum absolute atomic E-state index is 0.0660. The first-order valence-electron chi connectivity index (χ1n) is 6.00. The molecule has 100 valence electrons. The Hall–Kier alpha value is -0.930. The largest absolute Gasteiger partial charge is 0.192 e. The maximum absolute atomic E-state index is 9.26. The number of unbranched alkanes of at least 4 members (excludes halogenated alkanes) is 1. The van der Waals surface area contributed by atoms with Crippen LogP contribution in [0.4, 0.5) is 0 Å². The summed E-state index contributed by atoms with van der Waals surface area (Å²) in [6, 6.07) is 3.93. The van der Waals surface area contributed by atoms with Crippen LogP contribution in [0.15, 0.2) is 0 Å². The standard InChI is InChI=1S/C14H13Cl3N2/c1-3-4-5-8(2)11-9(6-18)12(15)10(7-19)13(16)14(11)17/h8H,3-5H2,1-2H3. The van der Waals surface area contributed by atoms with Gasteiger partial charge in [0.25, 0.3) is 0 Å². The van der Waals surface area contributed by atoms with E-state index in [-0.39, 0.29) is 32.1 Å². The molecule has 0 spiro atoms. The highest BCUT2D eigenvalue weighted by Crippen LogP contribution is 2.42. The lowest BCUT2D eigenvalue weighted by Gasteiger charge is -2.18. The molecule has 1 unspecified atom stereocenters. The number of rotatable bonds is 4. The second-order valence-corrected chi connectivity index (χ2v) is 5.51. The smallest absolute Gasteiger partial charge is 0.102 e. The third-order valence-electron chi connectivity index (χ3n) is 3.06. The highest BCUT2D eigenvalue weighted by Gasteiger charge is 2.24. The summed E-state index contributed by atoms with van der Waals surface area (Å²) in [5.41, 5.74) is 0.971. The van der Waals surface area contributed by atoms with Gasteiger partial charge in [0, 0.05) is 0 Å². The average molecular weight is 316 g/mol. The normalized spacial score (nSPS) is 11.7. The zero-order valence-corrected chi connectivity index (χ0v) is 13.0. The van der Waals surface area contributed by atoms with E-state index < -0.39 is 0 Å². The van der Waals surface area contributed by atoms with Gasteiger partial charge in [-0.15, -0.1) is 0 Å². The second kappa shape index (κ2) is 7.01. The van der Waals surface area contributed by atoms with Crippen molar-refractivity contribution in [3.8, 4) is 12.1 Å². The molecule has 5 heteroatoms. The van der Waals surface area contributed by atoms with E-state index in [0.717, 1.165) is 19.3 Å². The highest BCUT2D eigenvalue weighted by molar-refractivity contribution is 6.45. The third-order valence-corrected chi connectivity index (χ3v) is 4.31. The molecule has 0 radical (unpaired) electrons. The van der Waals surface area contributed by atoms with Crippen LogP contribution in [0.25, 0.3) is 0 Å². The van der Waals surface area contributed by atoms with Crippen LogP contribution in [0.1, 0.15) is 55.7 Å². The zero-order chi connectivity index (χ0) is 14.6. The third kappa shape index (κ3) is 3.15. The Labute approximate surface area is 128 Å². The van der Waals surface area contributed by atoms with Crippen molar-refractivity contribution in [2.45, 2.75) is 39.0 Å². The van der Waals surface area contributed by atoms with E-state index in [1.807, 2.05) is 19.1 Å². The minimum Gasteiger partial charge on any atom is -0.192 e. The van der Waals surface area contributed by atoms with Gasteiger partial charge in [0.05, 0.1) is 26.2 Å². The number of benzene rings is 1. The molecule has 0 aliphatic carbocycles. The summed E-state index contributed by atoms with van der Waals surface area (Å²) in [4.78, 5) is 0. The van der Waals surface area contributed by atoms with Crippen molar-refractivity contribution in [2.75, 3.05) is 0 Å². The number of nitriles is 2. The van der Waals surface area contributed by atoms with Gasteiger partial charge in [-0.05, 0) is 17.9 Å². The van der Waals surface area contributed by atoms with Crippen molar-refractivity contribution in [3.63, 3.8) is 0 Å². The van der Waals surface area contributed by atoms with E-state index in [1.165, 1.54) is 0 Å². The topological polar surface area (TPSA) is 47.6 Å². The van der Waals surface area contributed by atoms with Gasteiger partial charge in [0.15, 0.2) is 0 Å². The number of hydrogen-bond acceptors (Lipinski definition) is 2. The molecule has 0 heterocycles. The van der Waals surface area contributed by atoms with Crippen LogP contribution < -0.4 is 0 Å². The molecule has 0 amide bonds. The van der Waals surface area contributed by atoms with E-state index in [4.69, 9.17) is 40.1 Å². The summed E-state index contributed by atoms with van der Waals surface area (Å²) in [5.74, 6) is 0.0739. The quantitative estimate of drug-likeness (QED) is 0.671. The molecule has 0 saturated carbocycles. The van der Waals surface area contributed by atoms with E-state index in [9.17, 15) is 5.26 Å². The van der Waals surface area contributed by atoms with Crippen LogP contribution >= 0.6 is 34.8 Å². The number of nitrogens with zero attached hydrogens (tertiary/aromatic N) is 2. The van der Waals surface area contributed by atoms with Gasteiger partial charge >= 0.3 is 0 Å². The number of halogens is 3. The van der Waals surface area contributed by atoms with Gasteiger partial charge in [-0.25, -0.2) is 0 Å². The minimum atomic E-state index is 0.0660. The van der Waals surface area contributed by atoms with E-state index >= 15 is 0 Å². The molecule has 0 saturated heterocycles. The Morgan fingerprint density at radius 3 is 2.05 bits per heavy atom. The summed E-state index contributed by atoms with van der Waals surface area (Å²) in [6.45, 7) is 4.08. The fourth-order valence-electron chi connectivity index (χ4n) is 2.00. The van der Waals surface area contributed by atoms with Crippen LogP contribution in [0, 0.1) is 22.7 Å². The van der Waals surface area contributed by atoms with E-state index in [2.05, 4.69) is 6.92 Å². The molecule has 1 aromatic rings. The van der Waals surface area contributed by atoms with Crippen LogP contribution in [-0.4, -0.2) is 0 Å². The van der Waals surface area contributed by atoms with Crippen molar-refractivity contribution in [3.05, 3.63) is 31.8 Å². The molecule has 0 fully saturated rings. The molecule has 19 heavy (non-hydrogen) atoms. The van der Waals surface area contributed by atoms with Crippen LogP contribution in [0.2, 0.25) is 15.1 Å². The first kappa shape index (κ1) is 16.1. The Balaban J connectivity index is 3.49. The van der Waals surface area contributed by atoms with Crippen molar-refractivity contribution >= 4 is 34.8 Å². The van der Waals surface area contributed by atoms with Gasteiger partial charge in [0.1, 0.15) is 12.1 Å². The molecule has 0 bridgehead atoms. The second-order valence-electron chi connectivity index (χ2n) is 4.37. The Morgan fingerprint density at radius 2 is 1.58 bits per heavy atom. The average Bonchev–Trinajstić information content (AvgIpc) is 2.40. The molecule has 0 aliphatic heterocycles. The summed E-state index contributed by atoms with van der Waals surface area (Å²) >= 11 is 18.4. The molecule has 0 aromatic heterocycles. The molecule has 1 rings (SSSR count). The molecule has 1 atom stereocenters. The van der Waals surface area contributed by atoms with Gasteiger partial charge in [0.2, 0.25) is 0 Å². The fourth-order valence-corrected chi connectivity index (χ4v) is 2.95. The molecule has 1 aromatic carbocycles. The molecular formula is C14H13Cl3N2. The van der Waals surface area contributed by atoms with Crippen molar-refractivity contribution in [1.29, 1.82) is 10.5 Å². The van der Waals surface area contributed by atoms with Crippen LogP contribution in [0.3, 0.4) is 0 Å².